The van der Waals surface area contributed by atoms with E-state index in [1.165, 1.54) is 0 Å². The second-order valence-electron chi connectivity index (χ2n) is 23.7. The fourth-order valence-electron chi connectivity index (χ4n) is 9.97. The molecule has 0 aromatic heterocycles. The first-order valence-corrected chi connectivity index (χ1v) is 33.2. The summed E-state index contributed by atoms with van der Waals surface area (Å²) in [4.78, 5) is 0. The molecule has 0 saturated carbocycles. The predicted molar refractivity (Wildman–Crippen MR) is 367 cm³/mol. The van der Waals surface area contributed by atoms with Gasteiger partial charge in [-0.1, -0.05) is 243 Å². The zero-order valence-electron chi connectivity index (χ0n) is 55.0. The minimum Gasteiger partial charge on any atom is -0.396 e. The van der Waals surface area contributed by atoms with Crippen LogP contribution in [0.25, 0.3) is 0 Å². The van der Waals surface area contributed by atoms with E-state index in [-0.39, 0.29) is 77.2 Å². The highest BCUT2D eigenvalue weighted by Crippen LogP contribution is 2.16. The van der Waals surface area contributed by atoms with E-state index in [0.29, 0.717) is 106 Å². The Morgan fingerprint density at radius 1 is 0.179 bits per heavy atom. The molecule has 0 aliphatic heterocycles. The Hall–Kier alpha value is -6.84. The van der Waals surface area contributed by atoms with Gasteiger partial charge in [-0.15, -0.1) is 0 Å². The average Bonchev–Trinajstić information content (AvgIpc) is 3.83. The minimum absolute atomic E-state index is 0.173. The lowest BCUT2D eigenvalue weighted by atomic mass is 10.1. The summed E-state index contributed by atoms with van der Waals surface area (Å²) in [6, 6.07) is 80.6. The molecule has 0 unspecified atom stereocenters. The van der Waals surface area contributed by atoms with Crippen molar-refractivity contribution in [3.63, 3.8) is 0 Å². The Morgan fingerprint density at radius 2 is 0.337 bits per heavy atom. The van der Waals surface area contributed by atoms with Gasteiger partial charge in [-0.3, -0.25) is 0 Å². The maximum absolute atomic E-state index is 10.9. The molecule has 508 valence electrons. The molecule has 0 aliphatic carbocycles. The molecule has 8 aromatic rings. The van der Waals surface area contributed by atoms with Gasteiger partial charge in [-0.25, -0.2) is 0 Å². The van der Waals surface area contributed by atoms with Crippen molar-refractivity contribution in [1.29, 1.82) is 0 Å². The largest absolute Gasteiger partial charge is 0.396 e. The summed E-state index contributed by atoms with van der Waals surface area (Å²) in [5.41, 5.74) is 8.51. The molecule has 0 spiro atoms. The van der Waals surface area contributed by atoms with Gasteiger partial charge in [0, 0.05) is 17.8 Å². The number of benzene rings is 8. The van der Waals surface area contributed by atoms with Gasteiger partial charge in [0.05, 0.1) is 165 Å². The van der Waals surface area contributed by atoms with E-state index in [1.807, 2.05) is 243 Å². The van der Waals surface area contributed by atoms with Crippen molar-refractivity contribution in [1.82, 2.24) is 0 Å². The maximum atomic E-state index is 10.9. The summed E-state index contributed by atoms with van der Waals surface area (Å²) in [6.45, 7) is 7.67. The van der Waals surface area contributed by atoms with Crippen molar-refractivity contribution >= 4 is 0 Å². The molecule has 0 amide bonds. The number of hydrogen-bond acceptors (Lipinski definition) is 15. The van der Waals surface area contributed by atoms with E-state index in [1.54, 1.807) is 0 Å². The fraction of sp³-hybridized carbons (Fsp3) is 0.400. The Kier molecular flexibility index (Phi) is 36.7. The van der Waals surface area contributed by atoms with Crippen LogP contribution >= 0.6 is 0 Å². The van der Waals surface area contributed by atoms with Crippen LogP contribution in [0.15, 0.2) is 243 Å². The molecule has 0 atom stereocenters. The third-order valence-corrected chi connectivity index (χ3v) is 15.3. The number of aliphatic hydroxyl groups is 1. The first-order valence-electron chi connectivity index (χ1n) is 33.2. The van der Waals surface area contributed by atoms with E-state index in [2.05, 4.69) is 0 Å². The summed E-state index contributed by atoms with van der Waals surface area (Å²) in [6.07, 6.45) is -1.61. The molecule has 0 saturated heterocycles. The van der Waals surface area contributed by atoms with Crippen molar-refractivity contribution in [3.8, 4) is 0 Å². The fourth-order valence-corrected chi connectivity index (χ4v) is 9.97. The third-order valence-electron chi connectivity index (χ3n) is 15.3. The highest BCUT2D eigenvalue weighted by molar-refractivity contribution is 5.18. The van der Waals surface area contributed by atoms with Crippen LogP contribution in [0.3, 0.4) is 0 Å². The van der Waals surface area contributed by atoms with Crippen molar-refractivity contribution in [2.45, 2.75) is 77.3 Å². The van der Waals surface area contributed by atoms with Gasteiger partial charge in [0.2, 0.25) is 0 Å². The molecule has 0 bridgehead atoms. The Labute approximate surface area is 563 Å². The molecule has 0 radical (unpaired) electrons. The van der Waals surface area contributed by atoms with Crippen LogP contribution in [-0.4, -0.2) is 142 Å². The lowest BCUT2D eigenvalue weighted by molar-refractivity contribution is -0.116. The molecule has 15 nitrogen and oxygen atoms in total. The molecule has 0 fully saturated rings. The summed E-state index contributed by atoms with van der Waals surface area (Å²) in [7, 11) is 0. The van der Waals surface area contributed by atoms with Crippen molar-refractivity contribution < 1.29 is 71.4 Å². The quantitative estimate of drug-likeness (QED) is 0.0385. The lowest BCUT2D eigenvalue weighted by Gasteiger charge is -2.26. The molecule has 95 heavy (non-hydrogen) atoms. The van der Waals surface area contributed by atoms with Crippen LogP contribution in [0.5, 0.6) is 0 Å². The SMILES string of the molecule is OCC(COCC(COC(COCc1ccccc1)COCc1ccccc1)COC(COCc1ccccc1)COCc1ccccc1)COCC(COC(COCc1ccccc1)COCc1ccccc1)COC(COCc1ccccc1)COCc1ccccc1. The zero-order valence-corrected chi connectivity index (χ0v) is 55.0. The van der Waals surface area contributed by atoms with Crippen molar-refractivity contribution in [2.24, 2.45) is 17.8 Å². The molecular formula is C80H98O15. The van der Waals surface area contributed by atoms with Crippen LogP contribution in [0.1, 0.15) is 44.5 Å². The van der Waals surface area contributed by atoms with Crippen LogP contribution in [0.4, 0.5) is 0 Å². The average molecular weight is 1300 g/mol. The van der Waals surface area contributed by atoms with Crippen LogP contribution in [0.2, 0.25) is 0 Å². The zero-order chi connectivity index (χ0) is 65.5. The second-order valence-corrected chi connectivity index (χ2v) is 23.7. The minimum atomic E-state index is -0.401. The van der Waals surface area contributed by atoms with Crippen LogP contribution in [-0.2, 0) is 119 Å². The van der Waals surface area contributed by atoms with Gasteiger partial charge in [0.15, 0.2) is 0 Å². The van der Waals surface area contributed by atoms with Gasteiger partial charge < -0.3 is 71.4 Å². The monoisotopic (exact) mass is 1300 g/mol. The molecule has 1 N–H and O–H groups in total. The number of ether oxygens (including phenoxy) is 14. The van der Waals surface area contributed by atoms with Gasteiger partial charge in [-0.05, 0) is 44.5 Å². The Bertz CT molecular complexity index is 2480. The van der Waals surface area contributed by atoms with E-state index >= 15 is 0 Å². The number of hydrogen-bond donors (Lipinski definition) is 1. The molecule has 8 aromatic carbocycles. The molecular weight excluding hydrogens is 1200 g/mol. The summed E-state index contributed by atoms with van der Waals surface area (Å²) < 4.78 is 89.9. The maximum Gasteiger partial charge on any atom is 0.104 e. The smallest absolute Gasteiger partial charge is 0.104 e. The van der Waals surface area contributed by atoms with Gasteiger partial charge in [0.25, 0.3) is 0 Å². The van der Waals surface area contributed by atoms with E-state index in [9.17, 15) is 5.11 Å². The normalized spacial score (nSPS) is 11.8. The molecule has 15 heteroatoms. The Morgan fingerprint density at radius 3 is 0.495 bits per heavy atom. The summed E-state index contributed by atoms with van der Waals surface area (Å²) in [5, 5.41) is 10.9. The highest BCUT2D eigenvalue weighted by atomic mass is 16.6. The van der Waals surface area contributed by atoms with Gasteiger partial charge in [-0.2, -0.15) is 0 Å². The summed E-state index contributed by atoms with van der Waals surface area (Å²) >= 11 is 0. The molecule has 8 rings (SSSR count). The third kappa shape index (κ3) is 32.6. The van der Waals surface area contributed by atoms with Crippen LogP contribution in [0, 0.1) is 17.8 Å². The Balaban J connectivity index is 0.924. The predicted octanol–water partition coefficient (Wildman–Crippen LogP) is 13.1. The van der Waals surface area contributed by atoms with Crippen LogP contribution < -0.4 is 0 Å². The highest BCUT2D eigenvalue weighted by Gasteiger charge is 2.23. The standard InChI is InChI=1S/C80H98O15/c81-41-74(50-82-52-75(54-92-77(58-84-42-66-25-9-1-10-26-66)59-85-43-67-27-11-2-12-28-67)55-93-78(60-86-44-68-29-13-3-14-30-68)61-87-45-69-31-15-4-16-32-69)51-83-53-76(56-94-79(62-88-46-70-33-17-5-18-34-70)63-89-47-71-35-19-6-20-36-71)57-95-80(64-90-48-72-37-21-7-22-38-72)65-91-49-73-39-23-8-24-40-73/h1-40,74-81H,41-65H2. The first kappa shape index (κ1) is 74.0. The topological polar surface area (TPSA) is 149 Å². The molecule has 0 heterocycles. The van der Waals surface area contributed by atoms with Crippen molar-refractivity contribution in [2.75, 3.05) is 112 Å². The van der Waals surface area contributed by atoms with E-state index in [0.717, 1.165) is 44.5 Å². The second kappa shape index (κ2) is 47.1. The van der Waals surface area contributed by atoms with E-state index in [4.69, 9.17) is 66.3 Å². The first-order chi connectivity index (χ1) is 47.1. The number of aliphatic hydroxyl groups excluding tert-OH is 1. The molecule has 0 aliphatic rings. The lowest BCUT2D eigenvalue weighted by Crippen LogP contribution is -2.35. The van der Waals surface area contributed by atoms with Crippen molar-refractivity contribution in [3.05, 3.63) is 287 Å². The van der Waals surface area contributed by atoms with E-state index < -0.39 is 24.4 Å². The van der Waals surface area contributed by atoms with Gasteiger partial charge in [0.1, 0.15) is 24.4 Å². The van der Waals surface area contributed by atoms with Gasteiger partial charge >= 0.3 is 0 Å². The summed E-state index contributed by atoms with van der Waals surface area (Å²) in [5.74, 6) is -0.881. The number of rotatable bonds is 53.